The molecule has 134 valence electrons. The van der Waals surface area contributed by atoms with E-state index in [9.17, 15) is 9.18 Å². The molecule has 2 aromatic carbocycles. The van der Waals surface area contributed by atoms with E-state index in [1.54, 1.807) is 16.5 Å². The fraction of sp³-hybridized carbons (Fsp3) is 0.0476. The highest BCUT2D eigenvalue weighted by molar-refractivity contribution is 6.01. The van der Waals surface area contributed by atoms with Crippen LogP contribution in [-0.2, 0) is 0 Å². The van der Waals surface area contributed by atoms with E-state index in [1.165, 1.54) is 12.1 Å². The quantitative estimate of drug-likeness (QED) is 0.534. The third-order valence-electron chi connectivity index (χ3n) is 4.16. The first-order chi connectivity index (χ1) is 13.1. The summed E-state index contributed by atoms with van der Waals surface area (Å²) in [5.74, 6) is 0.191. The Kier molecular flexibility index (Phi) is 4.30. The lowest BCUT2D eigenvalue weighted by Gasteiger charge is -2.10. The van der Waals surface area contributed by atoms with Gasteiger partial charge in [-0.3, -0.25) is 9.72 Å². The molecular weight excluding hydrogens is 343 g/mol. The van der Waals surface area contributed by atoms with Gasteiger partial charge in [0.05, 0.1) is 0 Å². The zero-order valence-electron chi connectivity index (χ0n) is 14.6. The van der Waals surface area contributed by atoms with Gasteiger partial charge in [0, 0.05) is 17.4 Å². The minimum absolute atomic E-state index is 0.325. The van der Waals surface area contributed by atoms with Crippen molar-refractivity contribution in [1.82, 2.24) is 9.38 Å². The number of amides is 2. The molecule has 2 amide bonds. The Hall–Kier alpha value is -3.67. The molecule has 2 heterocycles. The van der Waals surface area contributed by atoms with E-state index in [0.717, 1.165) is 5.56 Å². The summed E-state index contributed by atoms with van der Waals surface area (Å²) in [7, 11) is 0. The fourth-order valence-corrected chi connectivity index (χ4v) is 2.92. The summed E-state index contributed by atoms with van der Waals surface area (Å²) in [6, 6.07) is 18.7. The van der Waals surface area contributed by atoms with Gasteiger partial charge in [0.25, 0.3) is 0 Å². The van der Waals surface area contributed by atoms with Gasteiger partial charge in [-0.2, -0.15) is 0 Å². The average Bonchev–Trinajstić information content (AvgIpc) is 3.01. The molecule has 27 heavy (non-hydrogen) atoms. The number of pyridine rings is 1. The maximum atomic E-state index is 13.3. The molecule has 0 bridgehead atoms. The lowest BCUT2D eigenvalue weighted by molar-refractivity contribution is 0.262. The van der Waals surface area contributed by atoms with Crippen LogP contribution in [-0.4, -0.2) is 15.4 Å². The van der Waals surface area contributed by atoms with E-state index in [4.69, 9.17) is 0 Å². The second kappa shape index (κ2) is 6.92. The zero-order chi connectivity index (χ0) is 18.8. The van der Waals surface area contributed by atoms with Gasteiger partial charge in [-0.15, -0.1) is 0 Å². The molecule has 6 heteroatoms. The van der Waals surface area contributed by atoms with E-state index in [-0.39, 0.29) is 11.8 Å². The lowest BCUT2D eigenvalue weighted by atomic mass is 10.1. The number of carbonyl (C=O) groups is 1. The van der Waals surface area contributed by atoms with Crippen LogP contribution in [0.25, 0.3) is 16.9 Å². The van der Waals surface area contributed by atoms with Crippen molar-refractivity contribution in [2.75, 3.05) is 10.6 Å². The van der Waals surface area contributed by atoms with Crippen LogP contribution in [0.2, 0.25) is 0 Å². The number of urea groups is 1. The minimum Gasteiger partial charge on any atom is -0.308 e. The molecule has 0 aliphatic carbocycles. The number of hydrogen-bond acceptors (Lipinski definition) is 2. The molecule has 2 N–H and O–H groups in total. The van der Waals surface area contributed by atoms with Crippen molar-refractivity contribution in [3.05, 3.63) is 84.3 Å². The molecular formula is C21H17FN4O. The predicted molar refractivity (Wildman–Crippen MR) is 104 cm³/mol. The number of carbonyl (C=O) groups excluding carboxylic acids is 1. The van der Waals surface area contributed by atoms with Gasteiger partial charge >= 0.3 is 6.03 Å². The van der Waals surface area contributed by atoms with E-state index >= 15 is 0 Å². The summed E-state index contributed by atoms with van der Waals surface area (Å²) >= 11 is 0. The first-order valence-electron chi connectivity index (χ1n) is 8.48. The number of fused-ring (bicyclic) bond motifs is 1. The van der Waals surface area contributed by atoms with Crippen molar-refractivity contribution >= 4 is 23.2 Å². The van der Waals surface area contributed by atoms with Gasteiger partial charge in [-0.05, 0) is 61.0 Å². The van der Waals surface area contributed by atoms with Gasteiger partial charge in [0.1, 0.15) is 23.0 Å². The Morgan fingerprint density at radius 3 is 2.59 bits per heavy atom. The summed E-state index contributed by atoms with van der Waals surface area (Å²) in [5.41, 5.74) is 3.72. The van der Waals surface area contributed by atoms with Gasteiger partial charge in [-0.25, -0.2) is 14.2 Å². The standard InChI is InChI=1S/C21H17FN4O/c1-14-5-4-6-17(13-14)23-21(27)25-20-19(15-8-10-16(22)11-9-15)24-18-7-2-3-12-26(18)20/h2-13H,1H3,(H2,23,25,27). The third kappa shape index (κ3) is 3.50. The molecule has 4 rings (SSSR count). The normalized spacial score (nSPS) is 10.7. The van der Waals surface area contributed by atoms with Gasteiger partial charge in [-0.1, -0.05) is 18.2 Å². The Morgan fingerprint density at radius 2 is 1.81 bits per heavy atom. The number of halogens is 1. The van der Waals surface area contributed by atoms with Crippen molar-refractivity contribution in [2.45, 2.75) is 6.92 Å². The smallest absolute Gasteiger partial charge is 0.308 e. The summed E-state index contributed by atoms with van der Waals surface area (Å²) < 4.78 is 15.1. The van der Waals surface area contributed by atoms with Crippen LogP contribution in [0.1, 0.15) is 5.56 Å². The predicted octanol–water partition coefficient (Wildman–Crippen LogP) is 5.09. The molecule has 0 saturated heterocycles. The van der Waals surface area contributed by atoms with Gasteiger partial charge in [0.15, 0.2) is 0 Å². The molecule has 0 atom stereocenters. The number of imidazole rings is 1. The highest BCUT2D eigenvalue weighted by Gasteiger charge is 2.16. The van der Waals surface area contributed by atoms with E-state index < -0.39 is 0 Å². The molecule has 0 unspecified atom stereocenters. The van der Waals surface area contributed by atoms with Crippen LogP contribution in [0.5, 0.6) is 0 Å². The lowest BCUT2D eigenvalue weighted by Crippen LogP contribution is -2.20. The van der Waals surface area contributed by atoms with E-state index in [2.05, 4.69) is 15.6 Å². The number of rotatable bonds is 3. The summed E-state index contributed by atoms with van der Waals surface area (Å²) in [6.07, 6.45) is 1.82. The van der Waals surface area contributed by atoms with Crippen LogP contribution in [0.15, 0.2) is 72.9 Å². The van der Waals surface area contributed by atoms with Gasteiger partial charge < -0.3 is 5.32 Å². The van der Waals surface area contributed by atoms with Crippen molar-refractivity contribution < 1.29 is 9.18 Å². The van der Waals surface area contributed by atoms with Crippen LogP contribution in [0.3, 0.4) is 0 Å². The average molecular weight is 360 g/mol. The molecule has 2 aromatic heterocycles. The molecule has 0 spiro atoms. The van der Waals surface area contributed by atoms with Crippen LogP contribution in [0, 0.1) is 12.7 Å². The van der Waals surface area contributed by atoms with Crippen molar-refractivity contribution in [2.24, 2.45) is 0 Å². The van der Waals surface area contributed by atoms with Crippen LogP contribution < -0.4 is 10.6 Å². The van der Waals surface area contributed by atoms with Crippen molar-refractivity contribution in [1.29, 1.82) is 0 Å². The van der Waals surface area contributed by atoms with E-state index in [0.29, 0.717) is 28.4 Å². The Balaban J connectivity index is 1.70. The van der Waals surface area contributed by atoms with Crippen LogP contribution >= 0.6 is 0 Å². The second-order valence-corrected chi connectivity index (χ2v) is 6.19. The Labute approximate surface area is 155 Å². The number of aromatic nitrogens is 2. The first kappa shape index (κ1) is 16.8. The van der Waals surface area contributed by atoms with Crippen molar-refractivity contribution in [3.8, 4) is 11.3 Å². The molecule has 0 saturated carbocycles. The topological polar surface area (TPSA) is 58.4 Å². The summed E-state index contributed by atoms with van der Waals surface area (Å²) in [4.78, 5) is 17.1. The molecule has 0 aliphatic heterocycles. The highest BCUT2D eigenvalue weighted by atomic mass is 19.1. The third-order valence-corrected chi connectivity index (χ3v) is 4.16. The van der Waals surface area contributed by atoms with Gasteiger partial charge in [0.2, 0.25) is 0 Å². The zero-order valence-corrected chi connectivity index (χ0v) is 14.6. The number of benzene rings is 2. The number of nitrogens with one attached hydrogen (secondary N) is 2. The fourth-order valence-electron chi connectivity index (χ4n) is 2.92. The second-order valence-electron chi connectivity index (χ2n) is 6.19. The SMILES string of the molecule is Cc1cccc(NC(=O)Nc2c(-c3ccc(F)cc3)nc3ccccn23)c1. The maximum Gasteiger partial charge on any atom is 0.324 e. The summed E-state index contributed by atoms with van der Waals surface area (Å²) in [5, 5.41) is 5.69. The highest BCUT2D eigenvalue weighted by Crippen LogP contribution is 2.29. The molecule has 0 aliphatic rings. The molecule has 5 nitrogen and oxygen atoms in total. The van der Waals surface area contributed by atoms with E-state index in [1.807, 2.05) is 55.6 Å². The van der Waals surface area contributed by atoms with Crippen LogP contribution in [0.4, 0.5) is 20.7 Å². The Morgan fingerprint density at radius 1 is 1.00 bits per heavy atom. The molecule has 4 aromatic rings. The number of aryl methyl sites for hydroxylation is 1. The molecule has 0 radical (unpaired) electrons. The summed E-state index contributed by atoms with van der Waals surface area (Å²) in [6.45, 7) is 1.96. The largest absolute Gasteiger partial charge is 0.324 e. The number of hydrogen-bond donors (Lipinski definition) is 2. The monoisotopic (exact) mass is 360 g/mol. The maximum absolute atomic E-state index is 13.3. The minimum atomic E-state index is -0.380. The number of anilines is 2. The first-order valence-corrected chi connectivity index (χ1v) is 8.48. The molecule has 0 fully saturated rings. The number of nitrogens with zero attached hydrogens (tertiary/aromatic N) is 2. The van der Waals surface area contributed by atoms with Crippen molar-refractivity contribution in [3.63, 3.8) is 0 Å². The Bertz CT molecular complexity index is 1120.